The lowest BCUT2D eigenvalue weighted by Crippen LogP contribution is -2.31. The van der Waals surface area contributed by atoms with Crippen LogP contribution in [0.1, 0.15) is 25.0 Å². The van der Waals surface area contributed by atoms with Crippen molar-refractivity contribution in [2.24, 2.45) is 0 Å². The molecule has 0 bridgehead atoms. The van der Waals surface area contributed by atoms with Crippen molar-refractivity contribution in [3.05, 3.63) is 58.6 Å². The van der Waals surface area contributed by atoms with Crippen LogP contribution in [0.3, 0.4) is 0 Å². The van der Waals surface area contributed by atoms with Crippen molar-refractivity contribution in [1.29, 1.82) is 0 Å². The molecule has 1 atom stereocenters. The second-order valence-corrected chi connectivity index (χ2v) is 6.80. The van der Waals surface area contributed by atoms with Gasteiger partial charge in [-0.3, -0.25) is 0 Å². The van der Waals surface area contributed by atoms with Crippen molar-refractivity contribution in [3.63, 3.8) is 0 Å². The lowest BCUT2D eigenvalue weighted by molar-refractivity contribution is 0.191. The molecule has 0 spiro atoms. The summed E-state index contributed by atoms with van der Waals surface area (Å²) in [5, 5.41) is 16.5. The highest BCUT2D eigenvalue weighted by atomic mass is 35.5. The van der Waals surface area contributed by atoms with E-state index in [1.165, 1.54) is 0 Å². The van der Waals surface area contributed by atoms with Gasteiger partial charge in [-0.05, 0) is 49.2 Å². The second kappa shape index (κ2) is 15.6. The van der Waals surface area contributed by atoms with Crippen molar-refractivity contribution in [1.82, 2.24) is 10.6 Å². The van der Waals surface area contributed by atoms with E-state index in [0.29, 0.717) is 24.8 Å². The summed E-state index contributed by atoms with van der Waals surface area (Å²) in [7, 11) is 0. The van der Waals surface area contributed by atoms with Crippen molar-refractivity contribution in [2.45, 2.75) is 33.1 Å². The van der Waals surface area contributed by atoms with Crippen LogP contribution in [0.4, 0.5) is 0 Å². The topological polar surface area (TPSA) is 62.8 Å². The van der Waals surface area contributed by atoms with Gasteiger partial charge in [-0.2, -0.15) is 0 Å². The van der Waals surface area contributed by atoms with Crippen LogP contribution in [0.25, 0.3) is 0 Å². The van der Waals surface area contributed by atoms with E-state index in [1.807, 2.05) is 49.4 Å². The lowest BCUT2D eigenvalue weighted by atomic mass is 10.2. The van der Waals surface area contributed by atoms with E-state index < -0.39 is 0 Å². The Bertz CT molecular complexity index is 685. The minimum Gasteiger partial charge on any atom is -0.490 e. The number of nitrogens with one attached hydrogen (secondary N) is 2. The first kappa shape index (κ1) is 27.8. The van der Waals surface area contributed by atoms with Gasteiger partial charge < -0.3 is 25.2 Å². The highest BCUT2D eigenvalue weighted by Crippen LogP contribution is 2.29. The van der Waals surface area contributed by atoms with Crippen LogP contribution in [0.2, 0.25) is 5.02 Å². The van der Waals surface area contributed by atoms with E-state index in [2.05, 4.69) is 10.6 Å². The van der Waals surface area contributed by atoms with Gasteiger partial charge in [0.1, 0.15) is 6.61 Å². The molecule has 0 heterocycles. The van der Waals surface area contributed by atoms with Crippen LogP contribution < -0.4 is 20.1 Å². The number of hydrogen-bond acceptors (Lipinski definition) is 5. The van der Waals surface area contributed by atoms with E-state index in [9.17, 15) is 5.11 Å². The Labute approximate surface area is 191 Å². The summed E-state index contributed by atoms with van der Waals surface area (Å²) in [5.41, 5.74) is 2.19. The van der Waals surface area contributed by atoms with Crippen molar-refractivity contribution >= 4 is 36.4 Å². The molecule has 0 saturated heterocycles. The molecule has 2 aromatic rings. The number of hydrogen-bond donors (Lipinski definition) is 3. The summed E-state index contributed by atoms with van der Waals surface area (Å²) in [6.45, 7) is 7.76. The van der Waals surface area contributed by atoms with Crippen molar-refractivity contribution in [2.75, 3.05) is 26.2 Å². The molecule has 0 aliphatic carbocycles. The third-order valence-electron chi connectivity index (χ3n) is 3.86. The van der Waals surface area contributed by atoms with Gasteiger partial charge in [0.25, 0.3) is 0 Å². The largest absolute Gasteiger partial charge is 0.490 e. The lowest BCUT2D eigenvalue weighted by Gasteiger charge is -2.14. The predicted octanol–water partition coefficient (Wildman–Crippen LogP) is 4.22. The third kappa shape index (κ3) is 10.9. The Morgan fingerprint density at radius 2 is 1.59 bits per heavy atom. The first-order valence-electron chi connectivity index (χ1n) is 9.31. The minimum absolute atomic E-state index is 0. The fourth-order valence-electron chi connectivity index (χ4n) is 2.51. The molecular weight excluding hydrogens is 435 g/mol. The zero-order valence-electron chi connectivity index (χ0n) is 16.8. The summed E-state index contributed by atoms with van der Waals surface area (Å²) < 4.78 is 11.7. The van der Waals surface area contributed by atoms with E-state index >= 15 is 0 Å². The maximum atomic E-state index is 9.21. The number of halogens is 3. The maximum absolute atomic E-state index is 9.21. The van der Waals surface area contributed by atoms with Gasteiger partial charge in [0, 0.05) is 31.2 Å². The van der Waals surface area contributed by atoms with Crippen LogP contribution in [0, 0.1) is 0 Å². The quantitative estimate of drug-likeness (QED) is 0.410. The van der Waals surface area contributed by atoms with Crippen LogP contribution in [-0.4, -0.2) is 37.5 Å². The highest BCUT2D eigenvalue weighted by Gasteiger charge is 2.07. The Morgan fingerprint density at radius 1 is 0.931 bits per heavy atom. The number of rotatable bonds is 12. The number of ether oxygens (including phenoxy) is 2. The van der Waals surface area contributed by atoms with Crippen LogP contribution >= 0.6 is 36.4 Å². The molecule has 0 amide bonds. The van der Waals surface area contributed by atoms with Crippen molar-refractivity contribution < 1.29 is 14.6 Å². The van der Waals surface area contributed by atoms with E-state index in [4.69, 9.17) is 21.1 Å². The zero-order chi connectivity index (χ0) is 19.5. The molecule has 0 saturated carbocycles. The highest BCUT2D eigenvalue weighted by molar-refractivity contribution is 6.30. The number of aliphatic hydroxyl groups is 1. The van der Waals surface area contributed by atoms with Gasteiger partial charge >= 0.3 is 0 Å². The first-order valence-corrected chi connectivity index (χ1v) is 9.68. The molecule has 2 aromatic carbocycles. The third-order valence-corrected chi connectivity index (χ3v) is 4.11. The predicted molar refractivity (Wildman–Crippen MR) is 124 cm³/mol. The van der Waals surface area contributed by atoms with E-state index in [1.54, 1.807) is 6.92 Å². The molecule has 0 aliphatic rings. The summed E-state index contributed by atoms with van der Waals surface area (Å²) in [6.07, 6.45) is -0.320. The minimum atomic E-state index is -0.320. The van der Waals surface area contributed by atoms with Crippen LogP contribution in [0.15, 0.2) is 42.5 Å². The second-order valence-electron chi connectivity index (χ2n) is 6.36. The summed E-state index contributed by atoms with van der Waals surface area (Å²) in [4.78, 5) is 0. The van der Waals surface area contributed by atoms with Crippen LogP contribution in [0.5, 0.6) is 11.5 Å². The average molecular weight is 466 g/mol. The van der Waals surface area contributed by atoms with Crippen LogP contribution in [-0.2, 0) is 13.2 Å². The molecule has 5 nitrogen and oxygen atoms in total. The van der Waals surface area contributed by atoms with Gasteiger partial charge in [0.05, 0.1) is 12.7 Å². The molecule has 164 valence electrons. The summed E-state index contributed by atoms with van der Waals surface area (Å²) in [6, 6.07) is 13.6. The molecule has 0 aliphatic heterocycles. The first-order chi connectivity index (χ1) is 13.1. The smallest absolute Gasteiger partial charge is 0.161 e. The van der Waals surface area contributed by atoms with E-state index in [0.717, 1.165) is 42.3 Å². The number of aliphatic hydroxyl groups excluding tert-OH is 1. The Hall–Kier alpha value is -1.21. The van der Waals surface area contributed by atoms with E-state index in [-0.39, 0.29) is 30.9 Å². The van der Waals surface area contributed by atoms with Gasteiger partial charge in [0.2, 0.25) is 0 Å². The molecule has 2 rings (SSSR count). The number of benzene rings is 2. The molecule has 1 unspecified atom stereocenters. The maximum Gasteiger partial charge on any atom is 0.161 e. The summed E-state index contributed by atoms with van der Waals surface area (Å²) >= 11 is 5.91. The van der Waals surface area contributed by atoms with Gasteiger partial charge in [-0.15, -0.1) is 24.8 Å². The molecular formula is C21H31Cl3N2O3. The molecule has 29 heavy (non-hydrogen) atoms. The van der Waals surface area contributed by atoms with Gasteiger partial charge in [-0.25, -0.2) is 0 Å². The summed E-state index contributed by atoms with van der Waals surface area (Å²) in [5.74, 6) is 1.48. The fraction of sp³-hybridized carbons (Fsp3) is 0.429. The van der Waals surface area contributed by atoms with Crippen molar-refractivity contribution in [3.8, 4) is 11.5 Å². The molecule has 0 radical (unpaired) electrons. The molecule has 0 aromatic heterocycles. The SMILES string of the molecule is CCOc1cc(CNCCNCC(C)O)ccc1OCc1ccc(Cl)cc1.Cl.Cl. The van der Waals surface area contributed by atoms with Gasteiger partial charge in [-0.1, -0.05) is 29.8 Å². The average Bonchev–Trinajstić information content (AvgIpc) is 2.65. The molecule has 0 fully saturated rings. The zero-order valence-corrected chi connectivity index (χ0v) is 19.2. The van der Waals surface area contributed by atoms with Gasteiger partial charge in [0.15, 0.2) is 11.5 Å². The monoisotopic (exact) mass is 464 g/mol. The Balaban J connectivity index is 0.00000392. The normalized spacial score (nSPS) is 11.2. The standard InChI is InChI=1S/C21H29ClN2O3.2ClH/c1-3-26-21-12-18(14-24-11-10-23-13-16(2)25)6-9-20(21)27-15-17-4-7-19(22)8-5-17;;/h4-9,12,16,23-25H,3,10-11,13-15H2,1-2H3;2*1H. The Kier molecular flexibility index (Phi) is 15.0. The Morgan fingerprint density at radius 3 is 2.24 bits per heavy atom. The molecule has 3 N–H and O–H groups in total. The fourth-order valence-corrected chi connectivity index (χ4v) is 2.64. The molecule has 8 heteroatoms.